The molecule has 0 aliphatic rings. The van der Waals surface area contributed by atoms with E-state index in [0.717, 1.165) is 6.42 Å². The summed E-state index contributed by atoms with van der Waals surface area (Å²) in [5.41, 5.74) is 7.79. The van der Waals surface area contributed by atoms with Gasteiger partial charge in [-0.2, -0.15) is 0 Å². The van der Waals surface area contributed by atoms with Crippen molar-refractivity contribution in [2.75, 3.05) is 7.05 Å². The molecule has 1 atom stereocenters. The number of hydrogen-bond donors (Lipinski definition) is 2. The van der Waals surface area contributed by atoms with Crippen LogP contribution in [-0.2, 0) is 4.84 Å². The molecule has 0 rings (SSSR count). The van der Waals surface area contributed by atoms with E-state index < -0.39 is 0 Å². The molecular weight excluding hydrogens is 92.1 g/mol. The number of hydroxylamine groups is 1. The average Bonchev–Trinajstić information content (AvgIpc) is 1.68. The molecule has 3 N–H and O–H groups in total. The molecule has 7 heavy (non-hydrogen) atoms. The molecule has 0 aliphatic carbocycles. The van der Waals surface area contributed by atoms with Crippen LogP contribution in [0.3, 0.4) is 0 Å². The van der Waals surface area contributed by atoms with E-state index in [1.807, 2.05) is 6.92 Å². The van der Waals surface area contributed by atoms with Crippen molar-refractivity contribution in [1.29, 1.82) is 0 Å². The van der Waals surface area contributed by atoms with Gasteiger partial charge in [-0.25, -0.2) is 5.48 Å². The average molecular weight is 104 g/mol. The van der Waals surface area contributed by atoms with Gasteiger partial charge in [-0.15, -0.1) is 0 Å². The predicted octanol–water partition coefficient (Wildman–Crippen LogP) is -0.168. The molecule has 0 heterocycles. The monoisotopic (exact) mass is 104 g/mol. The number of nitrogens with one attached hydrogen (secondary N) is 1. The zero-order valence-electron chi connectivity index (χ0n) is 4.77. The fourth-order valence-electron chi connectivity index (χ4n) is 0.235. The summed E-state index contributed by atoms with van der Waals surface area (Å²) in [6.45, 7) is 1.96. The normalized spacial score (nSPS) is 14.1. The molecule has 3 nitrogen and oxygen atoms in total. The van der Waals surface area contributed by atoms with Crippen LogP contribution in [0.2, 0.25) is 0 Å². The minimum atomic E-state index is -0.162. The van der Waals surface area contributed by atoms with Gasteiger partial charge in [0.05, 0.1) is 0 Å². The lowest BCUT2D eigenvalue weighted by molar-refractivity contribution is -0.00982. The maximum atomic E-state index is 5.30. The summed E-state index contributed by atoms with van der Waals surface area (Å²) >= 11 is 0. The van der Waals surface area contributed by atoms with Crippen LogP contribution >= 0.6 is 0 Å². The SMILES string of the molecule is CCC(N)ONC. The molecule has 0 aliphatic heterocycles. The lowest BCUT2D eigenvalue weighted by Gasteiger charge is -2.05. The van der Waals surface area contributed by atoms with Gasteiger partial charge in [0.2, 0.25) is 0 Å². The smallest absolute Gasteiger partial charge is 0.126 e. The fourth-order valence-corrected chi connectivity index (χ4v) is 0.235. The minimum Gasteiger partial charge on any atom is -0.304 e. The first-order valence-electron chi connectivity index (χ1n) is 2.39. The molecule has 0 aromatic rings. The first-order chi connectivity index (χ1) is 3.31. The fraction of sp³-hybridized carbons (Fsp3) is 1.00. The van der Waals surface area contributed by atoms with Crippen molar-refractivity contribution in [2.45, 2.75) is 19.6 Å². The molecule has 44 valence electrons. The molecule has 3 heteroatoms. The van der Waals surface area contributed by atoms with Crippen LogP contribution in [0.5, 0.6) is 0 Å². The van der Waals surface area contributed by atoms with E-state index in [4.69, 9.17) is 10.6 Å². The first-order valence-corrected chi connectivity index (χ1v) is 2.39. The van der Waals surface area contributed by atoms with Gasteiger partial charge in [-0.05, 0) is 6.42 Å². The summed E-state index contributed by atoms with van der Waals surface area (Å²) in [5, 5.41) is 0. The molecule has 0 aromatic heterocycles. The van der Waals surface area contributed by atoms with Gasteiger partial charge in [-0.3, -0.25) is 4.84 Å². The Kier molecular flexibility index (Phi) is 3.98. The second kappa shape index (κ2) is 4.05. The molecule has 0 spiro atoms. The van der Waals surface area contributed by atoms with Gasteiger partial charge in [0.25, 0.3) is 0 Å². The molecule has 0 bridgehead atoms. The second-order valence-electron chi connectivity index (χ2n) is 1.27. The van der Waals surface area contributed by atoms with Gasteiger partial charge >= 0.3 is 0 Å². The van der Waals surface area contributed by atoms with Crippen molar-refractivity contribution >= 4 is 0 Å². The van der Waals surface area contributed by atoms with Gasteiger partial charge < -0.3 is 5.73 Å². The summed E-state index contributed by atoms with van der Waals surface area (Å²) < 4.78 is 0. The Morgan fingerprint density at radius 1 is 1.86 bits per heavy atom. The van der Waals surface area contributed by atoms with Gasteiger partial charge in [0, 0.05) is 7.05 Å². The molecule has 0 aromatic carbocycles. The standard InChI is InChI=1S/C4H12N2O/c1-3-4(5)7-6-2/h4,6H,3,5H2,1-2H3. The molecule has 0 saturated carbocycles. The largest absolute Gasteiger partial charge is 0.304 e. The lowest BCUT2D eigenvalue weighted by Crippen LogP contribution is -2.28. The number of hydrogen-bond acceptors (Lipinski definition) is 3. The van der Waals surface area contributed by atoms with Crippen molar-refractivity contribution in [3.8, 4) is 0 Å². The van der Waals surface area contributed by atoms with Crippen molar-refractivity contribution in [3.63, 3.8) is 0 Å². The maximum Gasteiger partial charge on any atom is 0.126 e. The highest BCUT2D eigenvalue weighted by molar-refractivity contribution is 4.36. The first kappa shape index (κ1) is 6.88. The van der Waals surface area contributed by atoms with Crippen LogP contribution in [0.25, 0.3) is 0 Å². The third-order valence-electron chi connectivity index (χ3n) is 0.672. The molecular formula is C4H12N2O. The van der Waals surface area contributed by atoms with E-state index in [1.165, 1.54) is 0 Å². The summed E-state index contributed by atoms with van der Waals surface area (Å²) in [6, 6.07) is 0. The predicted molar refractivity (Wildman–Crippen MR) is 28.4 cm³/mol. The van der Waals surface area contributed by atoms with Crippen LogP contribution in [0.15, 0.2) is 0 Å². The van der Waals surface area contributed by atoms with Gasteiger partial charge in [0.1, 0.15) is 6.23 Å². The Bertz CT molecular complexity index is 40.7. The third-order valence-corrected chi connectivity index (χ3v) is 0.672. The minimum absolute atomic E-state index is 0.162. The van der Waals surface area contributed by atoms with Crippen molar-refractivity contribution in [3.05, 3.63) is 0 Å². The maximum absolute atomic E-state index is 5.30. The van der Waals surface area contributed by atoms with E-state index in [9.17, 15) is 0 Å². The van der Waals surface area contributed by atoms with Crippen LogP contribution in [0.1, 0.15) is 13.3 Å². The summed E-state index contributed by atoms with van der Waals surface area (Å²) in [4.78, 5) is 4.72. The van der Waals surface area contributed by atoms with Gasteiger partial charge in [0.15, 0.2) is 0 Å². The Balaban J connectivity index is 2.83. The van der Waals surface area contributed by atoms with Crippen molar-refractivity contribution < 1.29 is 4.84 Å². The van der Waals surface area contributed by atoms with Crippen LogP contribution in [0, 0.1) is 0 Å². The topological polar surface area (TPSA) is 47.3 Å². The van der Waals surface area contributed by atoms with E-state index in [1.54, 1.807) is 7.05 Å². The van der Waals surface area contributed by atoms with Crippen LogP contribution in [0.4, 0.5) is 0 Å². The van der Waals surface area contributed by atoms with Crippen LogP contribution in [-0.4, -0.2) is 13.3 Å². The van der Waals surface area contributed by atoms with Gasteiger partial charge in [-0.1, -0.05) is 6.92 Å². The Hall–Kier alpha value is -0.120. The van der Waals surface area contributed by atoms with E-state index in [0.29, 0.717) is 0 Å². The van der Waals surface area contributed by atoms with E-state index >= 15 is 0 Å². The Morgan fingerprint density at radius 3 is 2.57 bits per heavy atom. The highest BCUT2D eigenvalue weighted by Crippen LogP contribution is 1.81. The zero-order chi connectivity index (χ0) is 5.70. The third kappa shape index (κ3) is 3.72. The van der Waals surface area contributed by atoms with Crippen molar-refractivity contribution in [2.24, 2.45) is 5.73 Å². The highest BCUT2D eigenvalue weighted by atomic mass is 16.7. The molecule has 0 amide bonds. The zero-order valence-corrected chi connectivity index (χ0v) is 4.77. The molecule has 1 unspecified atom stereocenters. The lowest BCUT2D eigenvalue weighted by atomic mass is 10.5. The van der Waals surface area contributed by atoms with Crippen LogP contribution < -0.4 is 11.2 Å². The number of nitrogens with two attached hydrogens (primary N) is 1. The highest BCUT2D eigenvalue weighted by Gasteiger charge is 1.92. The quantitative estimate of drug-likeness (QED) is 0.386. The van der Waals surface area contributed by atoms with E-state index in [-0.39, 0.29) is 6.23 Å². The summed E-state index contributed by atoms with van der Waals surface area (Å²) in [7, 11) is 1.69. The molecule has 0 radical (unpaired) electrons. The summed E-state index contributed by atoms with van der Waals surface area (Å²) in [5.74, 6) is 0. The Morgan fingerprint density at radius 2 is 2.43 bits per heavy atom. The molecule has 0 fully saturated rings. The molecule has 0 saturated heterocycles. The number of rotatable bonds is 3. The Labute approximate surface area is 43.8 Å². The van der Waals surface area contributed by atoms with Crippen molar-refractivity contribution in [1.82, 2.24) is 5.48 Å². The summed E-state index contributed by atoms with van der Waals surface area (Å²) in [6.07, 6.45) is 0.672. The second-order valence-corrected chi connectivity index (χ2v) is 1.27. The van der Waals surface area contributed by atoms with E-state index in [2.05, 4.69) is 5.48 Å².